The van der Waals surface area contributed by atoms with Crippen LogP contribution in [0.5, 0.6) is 11.5 Å². The minimum atomic E-state index is -0.479. The number of nitrogens with zero attached hydrogens (tertiary/aromatic N) is 2. The first-order valence-electron chi connectivity index (χ1n) is 10.5. The van der Waals surface area contributed by atoms with Gasteiger partial charge in [-0.15, -0.1) is 0 Å². The lowest BCUT2D eigenvalue weighted by molar-refractivity contribution is 0.0126. The van der Waals surface area contributed by atoms with E-state index in [2.05, 4.69) is 4.98 Å². The summed E-state index contributed by atoms with van der Waals surface area (Å²) in [6.07, 6.45) is 1.36. The standard InChI is InChI=1S/C24H28N2O5/c1-24(2,3)31-23(27)26-13-11-18(12-14-26)29-17-7-5-16(6-8-17)22-25-20-15-19(28-4)9-10-21(20)30-22/h5-10,15,18H,11-14H2,1-4H3. The summed E-state index contributed by atoms with van der Waals surface area (Å²) in [5.74, 6) is 2.09. The molecule has 1 fully saturated rings. The molecule has 2 aromatic carbocycles. The molecule has 0 bridgehead atoms. The SMILES string of the molecule is COc1ccc2oc(-c3ccc(OC4CCN(C(=O)OC(C)(C)C)CC4)cc3)nc2c1. The Morgan fingerprint density at radius 2 is 1.74 bits per heavy atom. The van der Waals surface area contributed by atoms with E-state index in [4.69, 9.17) is 18.6 Å². The highest BCUT2D eigenvalue weighted by molar-refractivity contribution is 5.77. The van der Waals surface area contributed by atoms with Crippen LogP contribution >= 0.6 is 0 Å². The summed E-state index contributed by atoms with van der Waals surface area (Å²) < 4.78 is 22.7. The normalized spacial score (nSPS) is 15.2. The average Bonchev–Trinajstić information content (AvgIpc) is 3.17. The lowest BCUT2D eigenvalue weighted by Crippen LogP contribution is -2.44. The van der Waals surface area contributed by atoms with Crippen molar-refractivity contribution in [1.82, 2.24) is 9.88 Å². The number of carbonyl (C=O) groups excluding carboxylic acids is 1. The molecule has 3 aromatic rings. The molecule has 0 radical (unpaired) electrons. The molecule has 1 aliphatic heterocycles. The summed E-state index contributed by atoms with van der Waals surface area (Å²) in [5, 5.41) is 0. The highest BCUT2D eigenvalue weighted by Crippen LogP contribution is 2.29. The van der Waals surface area contributed by atoms with Crippen molar-refractivity contribution in [3.05, 3.63) is 42.5 Å². The fourth-order valence-electron chi connectivity index (χ4n) is 3.51. The van der Waals surface area contributed by atoms with Gasteiger partial charge >= 0.3 is 6.09 Å². The van der Waals surface area contributed by atoms with Gasteiger partial charge in [0, 0.05) is 37.6 Å². The molecule has 7 heteroatoms. The average molecular weight is 424 g/mol. The zero-order chi connectivity index (χ0) is 22.0. The van der Waals surface area contributed by atoms with Crippen molar-refractivity contribution in [2.75, 3.05) is 20.2 Å². The van der Waals surface area contributed by atoms with E-state index in [-0.39, 0.29) is 12.2 Å². The van der Waals surface area contributed by atoms with Gasteiger partial charge in [-0.25, -0.2) is 9.78 Å². The molecule has 1 saturated heterocycles. The highest BCUT2D eigenvalue weighted by Gasteiger charge is 2.27. The van der Waals surface area contributed by atoms with Crippen molar-refractivity contribution >= 4 is 17.2 Å². The Morgan fingerprint density at radius 1 is 1.06 bits per heavy atom. The molecular formula is C24H28N2O5. The zero-order valence-electron chi connectivity index (χ0n) is 18.4. The quantitative estimate of drug-likeness (QED) is 0.567. The number of fused-ring (bicyclic) bond motifs is 1. The topological polar surface area (TPSA) is 74.0 Å². The maximum atomic E-state index is 12.2. The monoisotopic (exact) mass is 424 g/mol. The molecule has 0 atom stereocenters. The smallest absolute Gasteiger partial charge is 0.410 e. The van der Waals surface area contributed by atoms with Gasteiger partial charge in [-0.2, -0.15) is 0 Å². The number of aromatic nitrogens is 1. The van der Waals surface area contributed by atoms with Crippen molar-refractivity contribution < 1.29 is 23.4 Å². The van der Waals surface area contributed by atoms with Crippen molar-refractivity contribution in [3.63, 3.8) is 0 Å². The number of oxazole rings is 1. The minimum absolute atomic E-state index is 0.0707. The van der Waals surface area contributed by atoms with Crippen LogP contribution in [0.3, 0.4) is 0 Å². The molecule has 2 heterocycles. The largest absolute Gasteiger partial charge is 0.497 e. The molecule has 0 saturated carbocycles. The van der Waals surface area contributed by atoms with Gasteiger partial charge in [0.05, 0.1) is 7.11 Å². The van der Waals surface area contributed by atoms with E-state index in [1.165, 1.54) is 0 Å². The summed E-state index contributed by atoms with van der Waals surface area (Å²) in [4.78, 5) is 18.5. The summed E-state index contributed by atoms with van der Waals surface area (Å²) in [6, 6.07) is 13.3. The summed E-state index contributed by atoms with van der Waals surface area (Å²) in [5.41, 5.74) is 1.87. The Labute approximate surface area is 181 Å². The van der Waals surface area contributed by atoms with Gasteiger partial charge in [0.25, 0.3) is 0 Å². The van der Waals surface area contributed by atoms with E-state index in [9.17, 15) is 4.79 Å². The number of rotatable bonds is 4. The number of methoxy groups -OCH3 is 1. The maximum Gasteiger partial charge on any atom is 0.410 e. The molecule has 0 spiro atoms. The van der Waals surface area contributed by atoms with Crippen LogP contribution in [0.1, 0.15) is 33.6 Å². The second kappa shape index (κ2) is 8.49. The summed E-state index contributed by atoms with van der Waals surface area (Å²) >= 11 is 0. The van der Waals surface area contributed by atoms with Crippen molar-refractivity contribution in [1.29, 1.82) is 0 Å². The van der Waals surface area contributed by atoms with Crippen LogP contribution in [-0.4, -0.2) is 47.9 Å². The molecule has 0 unspecified atom stereocenters. The van der Waals surface area contributed by atoms with Crippen LogP contribution in [0, 0.1) is 0 Å². The minimum Gasteiger partial charge on any atom is -0.497 e. The number of piperidine rings is 1. The Balaban J connectivity index is 1.35. The molecule has 1 aromatic heterocycles. The number of ether oxygens (including phenoxy) is 3. The fraction of sp³-hybridized carbons (Fsp3) is 0.417. The Hall–Kier alpha value is -3.22. The van der Waals surface area contributed by atoms with E-state index in [0.29, 0.717) is 24.6 Å². The van der Waals surface area contributed by atoms with Crippen LogP contribution in [0.4, 0.5) is 4.79 Å². The third-order valence-corrected chi connectivity index (χ3v) is 5.09. The Kier molecular flexibility index (Phi) is 5.76. The van der Waals surface area contributed by atoms with Crippen LogP contribution < -0.4 is 9.47 Å². The predicted molar refractivity (Wildman–Crippen MR) is 117 cm³/mol. The van der Waals surface area contributed by atoms with E-state index in [0.717, 1.165) is 35.4 Å². The van der Waals surface area contributed by atoms with Crippen molar-refractivity contribution in [3.8, 4) is 23.0 Å². The van der Waals surface area contributed by atoms with Gasteiger partial charge in [0.1, 0.15) is 28.7 Å². The molecule has 7 nitrogen and oxygen atoms in total. The molecule has 31 heavy (non-hydrogen) atoms. The Morgan fingerprint density at radius 3 is 2.39 bits per heavy atom. The number of hydrogen-bond donors (Lipinski definition) is 0. The summed E-state index contributed by atoms with van der Waals surface area (Å²) in [7, 11) is 1.63. The van der Waals surface area contributed by atoms with Crippen LogP contribution in [0.2, 0.25) is 0 Å². The first-order valence-corrected chi connectivity index (χ1v) is 10.5. The molecule has 164 valence electrons. The van der Waals surface area contributed by atoms with Gasteiger partial charge < -0.3 is 23.5 Å². The molecule has 0 aliphatic carbocycles. The molecule has 1 amide bonds. The molecule has 0 N–H and O–H groups in total. The van der Waals surface area contributed by atoms with Gasteiger partial charge in [0.15, 0.2) is 5.58 Å². The number of benzene rings is 2. The molecule has 4 rings (SSSR count). The zero-order valence-corrected chi connectivity index (χ0v) is 18.4. The maximum absolute atomic E-state index is 12.2. The van der Waals surface area contributed by atoms with E-state index in [1.54, 1.807) is 12.0 Å². The van der Waals surface area contributed by atoms with Crippen molar-refractivity contribution in [2.24, 2.45) is 0 Å². The van der Waals surface area contributed by atoms with Gasteiger partial charge in [-0.1, -0.05) is 0 Å². The molecule has 1 aliphatic rings. The van der Waals surface area contributed by atoms with E-state index >= 15 is 0 Å². The number of likely N-dealkylation sites (tertiary alicyclic amines) is 1. The van der Waals surface area contributed by atoms with E-state index in [1.807, 2.05) is 63.2 Å². The van der Waals surface area contributed by atoms with Gasteiger partial charge in [0.2, 0.25) is 5.89 Å². The third-order valence-electron chi connectivity index (χ3n) is 5.09. The Bertz CT molecular complexity index is 1040. The fourth-order valence-corrected chi connectivity index (χ4v) is 3.51. The summed E-state index contributed by atoms with van der Waals surface area (Å²) in [6.45, 7) is 6.89. The second-order valence-electron chi connectivity index (χ2n) is 8.66. The number of amides is 1. The predicted octanol–water partition coefficient (Wildman–Crippen LogP) is 5.28. The first kappa shape index (κ1) is 21.0. The number of carbonyl (C=O) groups is 1. The van der Waals surface area contributed by atoms with Crippen LogP contribution in [0.15, 0.2) is 46.9 Å². The van der Waals surface area contributed by atoms with Crippen LogP contribution in [-0.2, 0) is 4.74 Å². The van der Waals surface area contributed by atoms with Gasteiger partial charge in [-0.3, -0.25) is 0 Å². The lowest BCUT2D eigenvalue weighted by atomic mass is 10.1. The second-order valence-corrected chi connectivity index (χ2v) is 8.66. The van der Waals surface area contributed by atoms with Crippen LogP contribution in [0.25, 0.3) is 22.6 Å². The van der Waals surface area contributed by atoms with Crippen molar-refractivity contribution in [2.45, 2.75) is 45.3 Å². The van der Waals surface area contributed by atoms with E-state index < -0.39 is 5.60 Å². The third kappa shape index (κ3) is 5.10. The lowest BCUT2D eigenvalue weighted by Gasteiger charge is -2.33. The van der Waals surface area contributed by atoms with Gasteiger partial charge in [-0.05, 0) is 57.2 Å². The number of hydrogen-bond acceptors (Lipinski definition) is 6. The first-order chi connectivity index (χ1) is 14.8. The highest BCUT2D eigenvalue weighted by atomic mass is 16.6. The molecular weight excluding hydrogens is 396 g/mol.